The Balaban J connectivity index is 0.00000113. The Morgan fingerprint density at radius 3 is 2.42 bits per heavy atom. The van der Waals surface area contributed by atoms with E-state index in [4.69, 9.17) is 10.5 Å². The zero-order valence-corrected chi connectivity index (χ0v) is 19.9. The van der Waals surface area contributed by atoms with Crippen LogP contribution in [0.4, 0.5) is 0 Å². The maximum Gasteiger partial charge on any atom is 0.240 e. The molecule has 1 aromatic rings. The molecule has 0 radical (unpaired) electrons. The first kappa shape index (κ1) is 26.6. The van der Waals surface area contributed by atoms with Crippen molar-refractivity contribution in [3.05, 3.63) is 53.6 Å². The van der Waals surface area contributed by atoms with Gasteiger partial charge in [-0.25, -0.2) is 0 Å². The summed E-state index contributed by atoms with van der Waals surface area (Å²) < 4.78 is 5.83. The van der Waals surface area contributed by atoms with Crippen molar-refractivity contribution in [3.8, 4) is 5.75 Å². The first-order valence-electron chi connectivity index (χ1n) is 11.7. The number of amides is 1. The maximum absolute atomic E-state index is 12.6. The third-order valence-electron chi connectivity index (χ3n) is 5.23. The number of hydrogen-bond donors (Lipinski definition) is 1. The first-order valence-corrected chi connectivity index (χ1v) is 11.7. The van der Waals surface area contributed by atoms with Crippen LogP contribution >= 0.6 is 0 Å². The number of likely N-dealkylation sites (tertiary alicyclic amines) is 1. The summed E-state index contributed by atoms with van der Waals surface area (Å²) in [5, 5.41) is 0. The summed E-state index contributed by atoms with van der Waals surface area (Å²) in [6, 6.07) is 6.80. The minimum atomic E-state index is -0.629. The van der Waals surface area contributed by atoms with Crippen molar-refractivity contribution < 1.29 is 14.3 Å². The van der Waals surface area contributed by atoms with Crippen LogP contribution in [0.3, 0.4) is 0 Å². The maximum atomic E-state index is 12.6. The van der Waals surface area contributed by atoms with E-state index in [2.05, 4.69) is 18.2 Å². The van der Waals surface area contributed by atoms with Crippen molar-refractivity contribution in [3.63, 3.8) is 0 Å². The average molecular weight is 429 g/mol. The number of ether oxygens (including phenoxy) is 1. The molecule has 0 spiro atoms. The van der Waals surface area contributed by atoms with E-state index in [0.29, 0.717) is 19.6 Å². The van der Waals surface area contributed by atoms with Gasteiger partial charge in [0.05, 0.1) is 12.1 Å². The number of benzene rings is 1. The molecule has 172 valence electrons. The van der Waals surface area contributed by atoms with Gasteiger partial charge in [0.25, 0.3) is 0 Å². The molecule has 1 aromatic carbocycles. The smallest absolute Gasteiger partial charge is 0.240 e. The van der Waals surface area contributed by atoms with Crippen LogP contribution < -0.4 is 10.5 Å². The van der Waals surface area contributed by atoms with E-state index in [1.54, 1.807) is 11.8 Å². The molecule has 5 nitrogen and oxygen atoms in total. The average Bonchev–Trinajstić information content (AvgIpc) is 3.32. The van der Waals surface area contributed by atoms with Crippen molar-refractivity contribution >= 4 is 11.7 Å². The highest BCUT2D eigenvalue weighted by molar-refractivity contribution is 5.90. The summed E-state index contributed by atoms with van der Waals surface area (Å²) in [5.74, 6) is 0.716. The predicted octanol–water partition coefficient (Wildman–Crippen LogP) is 4.84. The van der Waals surface area contributed by atoms with Gasteiger partial charge in [-0.2, -0.15) is 0 Å². The largest absolute Gasteiger partial charge is 0.489 e. The third kappa shape index (κ3) is 8.33. The lowest BCUT2D eigenvalue weighted by Gasteiger charge is -2.25. The van der Waals surface area contributed by atoms with Gasteiger partial charge in [-0.15, -0.1) is 0 Å². The van der Waals surface area contributed by atoms with E-state index in [0.717, 1.165) is 37.0 Å². The number of ketones is 1. The van der Waals surface area contributed by atoms with Crippen molar-refractivity contribution in [2.24, 2.45) is 5.73 Å². The quantitative estimate of drug-likeness (QED) is 0.674. The van der Waals surface area contributed by atoms with Gasteiger partial charge < -0.3 is 15.4 Å². The molecule has 0 bridgehead atoms. The highest BCUT2D eigenvalue weighted by Crippen LogP contribution is 2.21. The number of allylic oxidation sites excluding steroid dienone is 3. The van der Waals surface area contributed by atoms with Crippen LogP contribution in [0.15, 0.2) is 48.1 Å². The van der Waals surface area contributed by atoms with Crippen LogP contribution in [-0.4, -0.2) is 41.8 Å². The molecule has 3 rings (SSSR count). The lowest BCUT2D eigenvalue weighted by molar-refractivity contribution is -0.138. The molecule has 1 fully saturated rings. The standard InChI is InChI=1S/C22H28N2O3.2C2H6/c1-16(25)21-8-5-13-24(21)22(26)20(23)14-17-9-11-19(12-10-17)27-15-18-6-3-2-4-7-18;2*1-2/h2-3,6,9-12,20-21H,4-5,7-8,13-15,23H2,1H3;2*1-2H3. The molecule has 2 atom stereocenters. The third-order valence-corrected chi connectivity index (χ3v) is 5.23. The minimum Gasteiger partial charge on any atom is -0.489 e. The normalized spacial score (nSPS) is 18.1. The molecule has 0 aromatic heterocycles. The van der Waals surface area contributed by atoms with E-state index in [1.165, 1.54) is 5.57 Å². The summed E-state index contributed by atoms with van der Waals surface area (Å²) in [7, 11) is 0. The zero-order valence-electron chi connectivity index (χ0n) is 19.9. The summed E-state index contributed by atoms with van der Waals surface area (Å²) >= 11 is 0. The minimum absolute atomic E-state index is 0.0399. The lowest BCUT2D eigenvalue weighted by atomic mass is 10.0. The summed E-state index contributed by atoms with van der Waals surface area (Å²) in [5.41, 5.74) is 8.42. The summed E-state index contributed by atoms with van der Waals surface area (Å²) in [6.45, 7) is 10.8. The van der Waals surface area contributed by atoms with Gasteiger partial charge in [-0.1, -0.05) is 58.1 Å². The predicted molar refractivity (Wildman–Crippen MR) is 128 cm³/mol. The van der Waals surface area contributed by atoms with Crippen LogP contribution in [0.25, 0.3) is 0 Å². The van der Waals surface area contributed by atoms with Crippen LogP contribution in [0.5, 0.6) is 5.75 Å². The molecule has 2 aliphatic rings. The molecule has 31 heavy (non-hydrogen) atoms. The molecule has 1 amide bonds. The van der Waals surface area contributed by atoms with Gasteiger partial charge in [-0.3, -0.25) is 9.59 Å². The SMILES string of the molecule is CC.CC.CC(=O)C1CCCN1C(=O)C(N)Cc1ccc(OCC2=CC=CCC2)cc1. The van der Waals surface area contributed by atoms with Crippen molar-refractivity contribution in [2.75, 3.05) is 13.2 Å². The number of hydrogen-bond acceptors (Lipinski definition) is 4. The number of nitrogens with zero attached hydrogens (tertiary/aromatic N) is 1. The molecule has 5 heteroatoms. The first-order chi connectivity index (χ1) is 15.0. The fraction of sp³-hybridized carbons (Fsp3) is 0.538. The number of rotatable bonds is 7. The number of carbonyl (C=O) groups is 2. The van der Waals surface area contributed by atoms with Crippen LogP contribution in [0.1, 0.15) is 65.9 Å². The lowest BCUT2D eigenvalue weighted by Crippen LogP contribution is -2.48. The second-order valence-corrected chi connectivity index (χ2v) is 7.34. The van der Waals surface area contributed by atoms with Gasteiger partial charge in [0.1, 0.15) is 12.4 Å². The molecular formula is C26H40N2O3. The van der Waals surface area contributed by atoms with E-state index >= 15 is 0 Å². The van der Waals surface area contributed by atoms with Gasteiger partial charge in [0, 0.05) is 6.54 Å². The van der Waals surface area contributed by atoms with E-state index < -0.39 is 6.04 Å². The zero-order chi connectivity index (χ0) is 23.2. The van der Waals surface area contributed by atoms with Crippen molar-refractivity contribution in [2.45, 2.75) is 78.8 Å². The summed E-state index contributed by atoms with van der Waals surface area (Å²) in [6.07, 6.45) is 10.5. The van der Waals surface area contributed by atoms with Crippen LogP contribution in [-0.2, 0) is 16.0 Å². The second-order valence-electron chi connectivity index (χ2n) is 7.34. The molecule has 0 saturated carbocycles. The Hall–Kier alpha value is -2.40. The summed E-state index contributed by atoms with van der Waals surface area (Å²) in [4.78, 5) is 26.0. The second kappa shape index (κ2) is 14.6. The van der Waals surface area contributed by atoms with Gasteiger partial charge in [-0.05, 0) is 62.3 Å². The van der Waals surface area contributed by atoms with E-state index in [9.17, 15) is 9.59 Å². The fourth-order valence-electron chi connectivity index (χ4n) is 3.68. The Bertz CT molecular complexity index is 738. The monoisotopic (exact) mass is 428 g/mol. The molecule has 1 heterocycles. The molecule has 1 aliphatic carbocycles. The Kier molecular flexibility index (Phi) is 12.5. The van der Waals surface area contributed by atoms with Crippen molar-refractivity contribution in [1.29, 1.82) is 0 Å². The van der Waals surface area contributed by atoms with E-state index in [1.807, 2.05) is 52.0 Å². The molecular weight excluding hydrogens is 388 g/mol. The topological polar surface area (TPSA) is 72.6 Å². The Morgan fingerprint density at radius 1 is 1.16 bits per heavy atom. The van der Waals surface area contributed by atoms with Crippen LogP contribution in [0, 0.1) is 0 Å². The Labute approximate surface area is 188 Å². The number of carbonyl (C=O) groups excluding carboxylic acids is 2. The molecule has 2 unspecified atom stereocenters. The molecule has 1 aliphatic heterocycles. The number of Topliss-reactive ketones (excluding diaryl/α,β-unsaturated/α-hetero) is 1. The highest BCUT2D eigenvalue weighted by atomic mass is 16.5. The highest BCUT2D eigenvalue weighted by Gasteiger charge is 2.34. The van der Waals surface area contributed by atoms with Crippen molar-refractivity contribution in [1.82, 2.24) is 4.90 Å². The number of nitrogens with two attached hydrogens (primary N) is 1. The van der Waals surface area contributed by atoms with E-state index in [-0.39, 0.29) is 17.7 Å². The van der Waals surface area contributed by atoms with Gasteiger partial charge in [0.15, 0.2) is 5.78 Å². The van der Waals surface area contributed by atoms with Gasteiger partial charge in [0.2, 0.25) is 5.91 Å². The Morgan fingerprint density at radius 2 is 1.84 bits per heavy atom. The fourth-order valence-corrected chi connectivity index (χ4v) is 3.68. The molecule has 2 N–H and O–H groups in total. The van der Waals surface area contributed by atoms with Gasteiger partial charge >= 0.3 is 0 Å². The molecule has 1 saturated heterocycles. The van der Waals surface area contributed by atoms with Crippen LogP contribution in [0.2, 0.25) is 0 Å².